The summed E-state index contributed by atoms with van der Waals surface area (Å²) in [4.78, 5) is 0. The van der Waals surface area contributed by atoms with Gasteiger partial charge in [-0.15, -0.1) is 0 Å². The van der Waals surface area contributed by atoms with Crippen LogP contribution in [0.3, 0.4) is 0 Å². The molecule has 0 radical (unpaired) electrons. The van der Waals surface area contributed by atoms with E-state index in [1.807, 2.05) is 0 Å². The molecular formula is C8H11NO3S. The minimum absolute atomic E-state index is 0.186. The third kappa shape index (κ3) is 2.09. The van der Waals surface area contributed by atoms with Crippen LogP contribution in [-0.2, 0) is 14.8 Å². The summed E-state index contributed by atoms with van der Waals surface area (Å²) in [5.41, 5.74) is 0. The second-order valence-electron chi connectivity index (χ2n) is 3.29. The van der Waals surface area contributed by atoms with Crippen molar-refractivity contribution in [3.05, 3.63) is 11.2 Å². The first-order valence-electron chi connectivity index (χ1n) is 4.34. The lowest BCUT2D eigenvalue weighted by atomic mass is 10.3. The maximum atomic E-state index is 10.9. The lowest BCUT2D eigenvalue weighted by Gasteiger charge is -2.10. The van der Waals surface area contributed by atoms with E-state index in [9.17, 15) is 8.42 Å². The van der Waals surface area contributed by atoms with Crippen LogP contribution in [-0.4, -0.2) is 20.7 Å². The topological polar surface area (TPSA) is 55.7 Å². The maximum Gasteiger partial charge on any atom is 0.279 e. The second kappa shape index (κ2) is 3.14. The number of sulfonamides is 1. The largest absolute Gasteiger partial charge is 0.488 e. The zero-order valence-corrected chi connectivity index (χ0v) is 7.96. The third-order valence-corrected chi connectivity index (χ3v) is 3.13. The summed E-state index contributed by atoms with van der Waals surface area (Å²) in [6.07, 6.45) is 5.83. The molecule has 0 N–H and O–H groups in total. The first-order valence-corrected chi connectivity index (χ1v) is 5.85. The van der Waals surface area contributed by atoms with Crippen molar-refractivity contribution in [2.75, 3.05) is 0 Å². The second-order valence-corrected chi connectivity index (χ2v) is 4.77. The Labute approximate surface area is 77.4 Å². The van der Waals surface area contributed by atoms with E-state index in [1.54, 1.807) is 0 Å². The van der Waals surface area contributed by atoms with Crippen molar-refractivity contribution in [3.63, 3.8) is 0 Å². The van der Waals surface area contributed by atoms with Crippen LogP contribution in [0.2, 0.25) is 0 Å². The van der Waals surface area contributed by atoms with E-state index in [0.29, 0.717) is 5.76 Å². The van der Waals surface area contributed by atoms with Gasteiger partial charge < -0.3 is 4.74 Å². The molecule has 0 aromatic heterocycles. The molecule has 0 unspecified atom stereocenters. The number of hydrogen-bond donors (Lipinski definition) is 0. The molecule has 13 heavy (non-hydrogen) atoms. The average molecular weight is 201 g/mol. The van der Waals surface area contributed by atoms with Crippen LogP contribution in [0.25, 0.3) is 0 Å². The van der Waals surface area contributed by atoms with Crippen molar-refractivity contribution in [2.45, 2.75) is 31.8 Å². The fraction of sp³-hybridized carbons (Fsp3) is 0.625. The summed E-state index contributed by atoms with van der Waals surface area (Å²) in [5, 5.41) is 1.07. The summed E-state index contributed by atoms with van der Waals surface area (Å²) < 4.78 is 30.5. The summed E-state index contributed by atoms with van der Waals surface area (Å²) in [7, 11) is -3.35. The van der Waals surface area contributed by atoms with Gasteiger partial charge in [0.25, 0.3) is 10.0 Å². The third-order valence-electron chi connectivity index (χ3n) is 2.20. The predicted molar refractivity (Wildman–Crippen MR) is 48.8 cm³/mol. The molecule has 5 heteroatoms. The Hall–Kier alpha value is -0.840. The minimum Gasteiger partial charge on any atom is -0.488 e. The Kier molecular flexibility index (Phi) is 2.11. The quantitative estimate of drug-likeness (QED) is 0.674. The van der Waals surface area contributed by atoms with Crippen LogP contribution in [0.15, 0.2) is 15.6 Å². The van der Waals surface area contributed by atoms with Gasteiger partial charge in [0.05, 0.1) is 17.7 Å². The predicted octanol–water partition coefficient (Wildman–Crippen LogP) is 1.20. The molecular weight excluding hydrogens is 190 g/mol. The molecule has 0 aromatic carbocycles. The summed E-state index contributed by atoms with van der Waals surface area (Å²) >= 11 is 0. The number of ether oxygens (including phenoxy) is 1. The summed E-state index contributed by atoms with van der Waals surface area (Å²) in [6.45, 7) is 0. The molecule has 1 aliphatic heterocycles. The number of nitrogens with zero attached hydrogens (tertiary/aromatic N) is 1. The Bertz CT molecular complexity index is 350. The molecule has 0 bridgehead atoms. The van der Waals surface area contributed by atoms with Gasteiger partial charge in [0.1, 0.15) is 0 Å². The standard InChI is InChI=1S/C8H11NO3S/c10-13(11)6-8(5-9-13)12-7-3-1-2-4-7/h5-7H,1-4H2. The minimum atomic E-state index is -3.35. The van der Waals surface area contributed by atoms with E-state index >= 15 is 0 Å². The molecule has 0 saturated heterocycles. The van der Waals surface area contributed by atoms with Gasteiger partial charge in [-0.2, -0.15) is 12.8 Å². The fourth-order valence-corrected chi connectivity index (χ4v) is 2.31. The molecule has 1 saturated carbocycles. The van der Waals surface area contributed by atoms with E-state index in [-0.39, 0.29) is 6.10 Å². The molecule has 1 heterocycles. The van der Waals surface area contributed by atoms with Crippen LogP contribution in [0.4, 0.5) is 0 Å². The van der Waals surface area contributed by atoms with Crippen molar-refractivity contribution in [1.29, 1.82) is 0 Å². The fourth-order valence-electron chi connectivity index (χ4n) is 1.59. The van der Waals surface area contributed by atoms with Gasteiger partial charge in [-0.05, 0) is 25.7 Å². The van der Waals surface area contributed by atoms with Gasteiger partial charge in [0, 0.05) is 0 Å². The summed E-state index contributed by atoms with van der Waals surface area (Å²) in [6, 6.07) is 0. The van der Waals surface area contributed by atoms with Crippen molar-refractivity contribution in [2.24, 2.45) is 4.40 Å². The van der Waals surface area contributed by atoms with Crippen LogP contribution in [0.1, 0.15) is 25.7 Å². The van der Waals surface area contributed by atoms with Gasteiger partial charge in [0.2, 0.25) is 0 Å². The maximum absolute atomic E-state index is 10.9. The molecule has 0 amide bonds. The van der Waals surface area contributed by atoms with Gasteiger partial charge >= 0.3 is 0 Å². The highest BCUT2D eigenvalue weighted by molar-refractivity contribution is 7.93. The Balaban J connectivity index is 2.00. The van der Waals surface area contributed by atoms with Crippen LogP contribution in [0, 0.1) is 0 Å². The summed E-state index contributed by atoms with van der Waals surface area (Å²) in [5.74, 6) is 0.381. The molecule has 0 atom stereocenters. The normalized spacial score (nSPS) is 26.3. The zero-order chi connectivity index (χ0) is 9.31. The van der Waals surface area contributed by atoms with E-state index in [2.05, 4.69) is 4.40 Å². The first kappa shape index (κ1) is 8.74. The Morgan fingerprint density at radius 1 is 1.38 bits per heavy atom. The van der Waals surface area contributed by atoms with Crippen LogP contribution in [0.5, 0.6) is 0 Å². The molecule has 72 valence electrons. The highest BCUT2D eigenvalue weighted by Gasteiger charge is 2.20. The first-order chi connectivity index (χ1) is 6.16. The van der Waals surface area contributed by atoms with Crippen molar-refractivity contribution in [3.8, 4) is 0 Å². The molecule has 0 aromatic rings. The number of rotatable bonds is 2. The van der Waals surface area contributed by atoms with Gasteiger partial charge in [-0.1, -0.05) is 0 Å². The van der Waals surface area contributed by atoms with Gasteiger partial charge in [-0.3, -0.25) is 0 Å². The van der Waals surface area contributed by atoms with Gasteiger partial charge in [-0.25, -0.2) is 0 Å². The zero-order valence-electron chi connectivity index (χ0n) is 7.14. The van der Waals surface area contributed by atoms with E-state index < -0.39 is 10.0 Å². The lowest BCUT2D eigenvalue weighted by Crippen LogP contribution is -2.06. The van der Waals surface area contributed by atoms with E-state index in [4.69, 9.17) is 4.74 Å². The smallest absolute Gasteiger partial charge is 0.279 e. The SMILES string of the molecule is O=S1(=O)C=C(OC2CCCC2)C=N1. The van der Waals surface area contributed by atoms with Gasteiger partial charge in [0.15, 0.2) is 5.76 Å². The molecule has 0 spiro atoms. The molecule has 1 aliphatic carbocycles. The number of allylic oxidation sites excluding steroid dienone is 1. The number of hydrogen-bond acceptors (Lipinski definition) is 3. The molecule has 2 rings (SSSR count). The van der Waals surface area contributed by atoms with Crippen molar-refractivity contribution >= 4 is 16.2 Å². The lowest BCUT2D eigenvalue weighted by molar-refractivity contribution is 0.139. The monoisotopic (exact) mass is 201 g/mol. The molecule has 1 fully saturated rings. The Morgan fingerprint density at radius 3 is 2.62 bits per heavy atom. The average Bonchev–Trinajstić information content (AvgIpc) is 2.61. The molecule has 2 aliphatic rings. The highest BCUT2D eigenvalue weighted by atomic mass is 32.2. The van der Waals surface area contributed by atoms with E-state index in [0.717, 1.165) is 18.2 Å². The van der Waals surface area contributed by atoms with Crippen LogP contribution >= 0.6 is 0 Å². The van der Waals surface area contributed by atoms with Crippen molar-refractivity contribution < 1.29 is 13.2 Å². The molecule has 4 nitrogen and oxygen atoms in total. The van der Waals surface area contributed by atoms with E-state index in [1.165, 1.54) is 19.1 Å². The highest BCUT2D eigenvalue weighted by Crippen LogP contribution is 2.24. The van der Waals surface area contributed by atoms with Crippen molar-refractivity contribution in [1.82, 2.24) is 0 Å². The Morgan fingerprint density at radius 2 is 2.08 bits per heavy atom. The van der Waals surface area contributed by atoms with Crippen LogP contribution < -0.4 is 0 Å².